The molecule has 1 rings (SSSR count). The molecule has 2 nitrogen and oxygen atoms in total. The van der Waals surface area contributed by atoms with Crippen LogP contribution < -0.4 is 0 Å². The third kappa shape index (κ3) is 6.64. The SMILES string of the molecule is Cc1ccc(SCCSC(C)CC(=O)O)cc1. The molecule has 0 saturated carbocycles. The van der Waals surface area contributed by atoms with Gasteiger partial charge in [0.1, 0.15) is 0 Å². The average Bonchev–Trinajstić information content (AvgIpc) is 2.26. The van der Waals surface area contributed by atoms with E-state index in [1.807, 2.05) is 18.7 Å². The number of hydrogen-bond donors (Lipinski definition) is 1. The topological polar surface area (TPSA) is 37.3 Å². The van der Waals surface area contributed by atoms with Gasteiger partial charge in [0.2, 0.25) is 0 Å². The summed E-state index contributed by atoms with van der Waals surface area (Å²) < 4.78 is 0. The van der Waals surface area contributed by atoms with Gasteiger partial charge in [0.25, 0.3) is 0 Å². The van der Waals surface area contributed by atoms with Crippen LogP contribution in [0.2, 0.25) is 0 Å². The fourth-order valence-corrected chi connectivity index (χ4v) is 3.29. The largest absolute Gasteiger partial charge is 0.481 e. The van der Waals surface area contributed by atoms with Crippen molar-refractivity contribution in [1.82, 2.24) is 0 Å². The molecule has 0 spiro atoms. The van der Waals surface area contributed by atoms with Crippen molar-refractivity contribution in [2.24, 2.45) is 0 Å². The van der Waals surface area contributed by atoms with Crippen LogP contribution in [-0.2, 0) is 4.79 Å². The Hall–Kier alpha value is -0.610. The lowest BCUT2D eigenvalue weighted by Crippen LogP contribution is -2.06. The third-order valence-electron chi connectivity index (χ3n) is 2.24. The van der Waals surface area contributed by atoms with Gasteiger partial charge in [-0.15, -0.1) is 11.8 Å². The summed E-state index contributed by atoms with van der Waals surface area (Å²) in [5.41, 5.74) is 1.28. The zero-order valence-corrected chi connectivity index (χ0v) is 11.8. The lowest BCUT2D eigenvalue weighted by atomic mass is 10.2. The second kappa shape index (κ2) is 7.67. The van der Waals surface area contributed by atoms with Crippen LogP contribution in [-0.4, -0.2) is 27.8 Å². The van der Waals surface area contributed by atoms with Crippen LogP contribution >= 0.6 is 23.5 Å². The van der Waals surface area contributed by atoms with E-state index in [1.165, 1.54) is 10.5 Å². The quantitative estimate of drug-likeness (QED) is 0.606. The zero-order valence-electron chi connectivity index (χ0n) is 10.2. The van der Waals surface area contributed by atoms with E-state index in [-0.39, 0.29) is 11.7 Å². The van der Waals surface area contributed by atoms with Crippen LogP contribution in [0.3, 0.4) is 0 Å². The summed E-state index contributed by atoms with van der Waals surface area (Å²) in [5.74, 6) is 1.31. The summed E-state index contributed by atoms with van der Waals surface area (Å²) in [5, 5.41) is 8.83. The summed E-state index contributed by atoms with van der Waals surface area (Å²) in [6, 6.07) is 8.49. The number of aliphatic carboxylic acids is 1. The summed E-state index contributed by atoms with van der Waals surface area (Å²) in [4.78, 5) is 11.8. The van der Waals surface area contributed by atoms with Crippen LogP contribution in [0.15, 0.2) is 29.2 Å². The Kier molecular flexibility index (Phi) is 6.52. The minimum atomic E-state index is -0.712. The number of hydrogen-bond acceptors (Lipinski definition) is 3. The molecular formula is C13H18O2S2. The number of rotatable bonds is 7. The smallest absolute Gasteiger partial charge is 0.304 e. The molecule has 0 bridgehead atoms. The Labute approximate surface area is 111 Å². The Morgan fingerprint density at radius 1 is 1.29 bits per heavy atom. The van der Waals surface area contributed by atoms with Gasteiger partial charge in [-0.3, -0.25) is 4.79 Å². The van der Waals surface area contributed by atoms with E-state index in [0.717, 1.165) is 11.5 Å². The van der Waals surface area contributed by atoms with E-state index in [9.17, 15) is 4.79 Å². The van der Waals surface area contributed by atoms with Crippen molar-refractivity contribution in [2.75, 3.05) is 11.5 Å². The van der Waals surface area contributed by atoms with Gasteiger partial charge in [0.05, 0.1) is 6.42 Å². The molecule has 0 saturated heterocycles. The number of aryl methyl sites for hydroxylation is 1. The van der Waals surface area contributed by atoms with Crippen molar-refractivity contribution in [3.8, 4) is 0 Å². The predicted molar refractivity (Wildman–Crippen MR) is 76.1 cm³/mol. The molecule has 4 heteroatoms. The zero-order chi connectivity index (χ0) is 12.7. The molecule has 0 heterocycles. The van der Waals surface area contributed by atoms with Crippen molar-refractivity contribution >= 4 is 29.5 Å². The van der Waals surface area contributed by atoms with Gasteiger partial charge >= 0.3 is 5.97 Å². The maximum Gasteiger partial charge on any atom is 0.304 e. The fraction of sp³-hybridized carbons (Fsp3) is 0.462. The molecule has 1 aromatic rings. The van der Waals surface area contributed by atoms with Crippen LogP contribution in [0.5, 0.6) is 0 Å². The van der Waals surface area contributed by atoms with Crippen LogP contribution in [0.4, 0.5) is 0 Å². The third-order valence-corrected chi connectivity index (χ3v) is 4.69. The van der Waals surface area contributed by atoms with E-state index in [4.69, 9.17) is 5.11 Å². The number of carboxylic acid groups (broad SMARTS) is 1. The molecule has 1 atom stereocenters. The van der Waals surface area contributed by atoms with Gasteiger partial charge in [-0.25, -0.2) is 0 Å². The first-order valence-corrected chi connectivity index (χ1v) is 7.64. The molecule has 0 aliphatic rings. The highest BCUT2D eigenvalue weighted by molar-refractivity contribution is 8.03. The first kappa shape index (κ1) is 14.5. The number of benzene rings is 1. The molecule has 0 fully saturated rings. The van der Waals surface area contributed by atoms with Gasteiger partial charge in [0, 0.05) is 21.7 Å². The highest BCUT2D eigenvalue weighted by Gasteiger charge is 2.07. The minimum absolute atomic E-state index is 0.200. The Morgan fingerprint density at radius 3 is 2.53 bits per heavy atom. The molecule has 1 aromatic carbocycles. The van der Waals surface area contributed by atoms with Gasteiger partial charge in [-0.1, -0.05) is 24.6 Å². The normalized spacial score (nSPS) is 12.4. The molecule has 0 amide bonds. The van der Waals surface area contributed by atoms with Crippen molar-refractivity contribution in [1.29, 1.82) is 0 Å². The van der Waals surface area contributed by atoms with Crippen LogP contribution in [0, 0.1) is 6.92 Å². The van der Waals surface area contributed by atoms with Crippen LogP contribution in [0.25, 0.3) is 0 Å². The lowest BCUT2D eigenvalue weighted by molar-refractivity contribution is -0.136. The number of carbonyl (C=O) groups is 1. The second-order valence-electron chi connectivity index (χ2n) is 3.94. The first-order valence-electron chi connectivity index (χ1n) is 5.61. The Balaban J connectivity index is 2.15. The highest BCUT2D eigenvalue weighted by atomic mass is 32.2. The van der Waals surface area contributed by atoms with Gasteiger partial charge < -0.3 is 5.11 Å². The standard InChI is InChI=1S/C13H18O2S2/c1-10-3-5-12(6-4-10)17-8-7-16-11(2)9-13(14)15/h3-6,11H,7-9H2,1-2H3,(H,14,15). The average molecular weight is 270 g/mol. The van der Waals surface area contributed by atoms with Crippen molar-refractivity contribution in [2.45, 2.75) is 30.4 Å². The fourth-order valence-electron chi connectivity index (χ4n) is 1.35. The molecule has 0 aromatic heterocycles. The summed E-state index contributed by atoms with van der Waals surface area (Å²) in [6.07, 6.45) is 0.250. The lowest BCUT2D eigenvalue weighted by Gasteiger charge is -2.08. The van der Waals surface area contributed by atoms with Crippen LogP contribution in [0.1, 0.15) is 18.9 Å². The minimum Gasteiger partial charge on any atom is -0.481 e. The number of carboxylic acids is 1. The van der Waals surface area contributed by atoms with E-state index in [1.54, 1.807) is 11.8 Å². The number of thioether (sulfide) groups is 2. The van der Waals surface area contributed by atoms with E-state index < -0.39 is 5.97 Å². The highest BCUT2D eigenvalue weighted by Crippen LogP contribution is 2.21. The van der Waals surface area contributed by atoms with E-state index in [0.29, 0.717) is 0 Å². The summed E-state index contributed by atoms with van der Waals surface area (Å²) >= 11 is 3.55. The Morgan fingerprint density at radius 2 is 1.94 bits per heavy atom. The molecular weight excluding hydrogens is 252 g/mol. The van der Waals surface area contributed by atoms with E-state index >= 15 is 0 Å². The van der Waals surface area contributed by atoms with Crippen molar-refractivity contribution in [3.63, 3.8) is 0 Å². The van der Waals surface area contributed by atoms with Crippen molar-refractivity contribution < 1.29 is 9.90 Å². The molecule has 94 valence electrons. The predicted octanol–water partition coefficient (Wildman–Crippen LogP) is 3.68. The molecule has 1 N–H and O–H groups in total. The summed E-state index contributed by atoms with van der Waals surface area (Å²) in [6.45, 7) is 4.05. The van der Waals surface area contributed by atoms with Gasteiger partial charge in [0.15, 0.2) is 0 Å². The van der Waals surface area contributed by atoms with Gasteiger partial charge in [-0.05, 0) is 19.1 Å². The van der Waals surface area contributed by atoms with E-state index in [2.05, 4.69) is 31.2 Å². The monoisotopic (exact) mass is 270 g/mol. The Bertz CT molecular complexity index is 349. The molecule has 0 aliphatic carbocycles. The maximum absolute atomic E-state index is 10.5. The van der Waals surface area contributed by atoms with Crippen molar-refractivity contribution in [3.05, 3.63) is 29.8 Å². The molecule has 17 heavy (non-hydrogen) atoms. The first-order chi connectivity index (χ1) is 8.08. The van der Waals surface area contributed by atoms with Gasteiger partial charge in [-0.2, -0.15) is 11.8 Å². The molecule has 0 radical (unpaired) electrons. The molecule has 0 aliphatic heterocycles. The maximum atomic E-state index is 10.5. The molecule has 1 unspecified atom stereocenters. The second-order valence-corrected chi connectivity index (χ2v) is 6.66. The summed E-state index contributed by atoms with van der Waals surface area (Å²) in [7, 11) is 0.